The van der Waals surface area contributed by atoms with E-state index >= 15 is 0 Å². The number of alkyl halides is 3. The summed E-state index contributed by atoms with van der Waals surface area (Å²) in [6, 6.07) is 2.59. The Hall–Kier alpha value is -2.38. The van der Waals surface area contributed by atoms with Crippen LogP contribution < -0.4 is 5.32 Å². The summed E-state index contributed by atoms with van der Waals surface area (Å²) in [5, 5.41) is 2.57. The van der Waals surface area contributed by atoms with Crippen LogP contribution in [0.1, 0.15) is 16.1 Å². The predicted molar refractivity (Wildman–Crippen MR) is 69.7 cm³/mol. The third-order valence-electron chi connectivity index (χ3n) is 3.49. The van der Waals surface area contributed by atoms with Gasteiger partial charge in [0.15, 0.2) is 5.82 Å². The summed E-state index contributed by atoms with van der Waals surface area (Å²) in [7, 11) is 0. The van der Waals surface area contributed by atoms with E-state index in [-0.39, 0.29) is 35.5 Å². The highest BCUT2D eigenvalue weighted by atomic mass is 19.4. The number of carbonyl (C=O) groups is 1. The van der Waals surface area contributed by atoms with Gasteiger partial charge in [0.25, 0.3) is 5.91 Å². The molecule has 0 bridgehead atoms. The maximum absolute atomic E-state index is 13.9. The molecule has 1 aliphatic rings. The van der Waals surface area contributed by atoms with Crippen molar-refractivity contribution in [3.8, 4) is 11.3 Å². The summed E-state index contributed by atoms with van der Waals surface area (Å²) in [5.41, 5.74) is 0.440. The molecule has 116 valence electrons. The summed E-state index contributed by atoms with van der Waals surface area (Å²) in [6.45, 7) is -1.02. The maximum Gasteiger partial charge on any atom is 0.406 e. The molecule has 3 heterocycles. The van der Waals surface area contributed by atoms with Crippen molar-refractivity contribution in [3.05, 3.63) is 41.6 Å². The van der Waals surface area contributed by atoms with E-state index in [9.17, 15) is 22.4 Å². The molecule has 1 N–H and O–H groups in total. The van der Waals surface area contributed by atoms with Crippen LogP contribution in [0.25, 0.3) is 11.3 Å². The number of rotatable bonds is 2. The number of halogens is 4. The highest BCUT2D eigenvalue weighted by molar-refractivity contribution is 5.98. The molecule has 8 heteroatoms. The van der Waals surface area contributed by atoms with Gasteiger partial charge in [0.1, 0.15) is 6.54 Å². The largest absolute Gasteiger partial charge is 0.406 e. The Bertz CT molecular complexity index is 736. The Kier molecular flexibility index (Phi) is 3.38. The highest BCUT2D eigenvalue weighted by Crippen LogP contribution is 2.32. The fourth-order valence-electron chi connectivity index (χ4n) is 2.61. The fraction of sp³-hybridized carbons (Fsp3) is 0.286. The van der Waals surface area contributed by atoms with Crippen molar-refractivity contribution in [1.29, 1.82) is 0 Å². The molecule has 4 nitrogen and oxygen atoms in total. The van der Waals surface area contributed by atoms with Crippen LogP contribution in [0.2, 0.25) is 0 Å². The van der Waals surface area contributed by atoms with Crippen LogP contribution in [0.15, 0.2) is 24.5 Å². The number of carbonyl (C=O) groups excluding carboxylic acids is 1. The summed E-state index contributed by atoms with van der Waals surface area (Å²) >= 11 is 0. The van der Waals surface area contributed by atoms with Crippen molar-refractivity contribution in [2.24, 2.45) is 0 Å². The first-order valence-corrected chi connectivity index (χ1v) is 6.54. The lowest BCUT2D eigenvalue weighted by atomic mass is 10.1. The van der Waals surface area contributed by atoms with E-state index in [4.69, 9.17) is 0 Å². The van der Waals surface area contributed by atoms with Gasteiger partial charge in [-0.2, -0.15) is 13.2 Å². The first-order chi connectivity index (χ1) is 10.4. The molecule has 0 radical (unpaired) electrons. The molecule has 0 saturated heterocycles. The third-order valence-corrected chi connectivity index (χ3v) is 3.49. The topological polar surface area (TPSA) is 46.9 Å². The van der Waals surface area contributed by atoms with Gasteiger partial charge in [-0.15, -0.1) is 0 Å². The molecular formula is C14H11F4N3O. The molecule has 0 fully saturated rings. The number of nitrogens with zero attached hydrogens (tertiary/aromatic N) is 2. The van der Waals surface area contributed by atoms with Crippen molar-refractivity contribution in [3.63, 3.8) is 0 Å². The van der Waals surface area contributed by atoms with E-state index < -0.39 is 24.4 Å². The van der Waals surface area contributed by atoms with Gasteiger partial charge in [0.05, 0.1) is 17.5 Å². The number of pyridine rings is 1. The molecule has 0 atom stereocenters. The van der Waals surface area contributed by atoms with Crippen molar-refractivity contribution >= 4 is 5.91 Å². The van der Waals surface area contributed by atoms with E-state index in [0.717, 1.165) is 10.8 Å². The predicted octanol–water partition coefficient (Wildman–Crippen LogP) is 2.54. The Morgan fingerprint density at radius 2 is 2.09 bits per heavy atom. The minimum Gasteiger partial charge on any atom is -0.352 e. The van der Waals surface area contributed by atoms with E-state index in [1.807, 2.05) is 0 Å². The zero-order valence-electron chi connectivity index (χ0n) is 11.2. The number of fused-ring (bicyclic) bond motifs is 1. The minimum absolute atomic E-state index is 0.0125. The number of amides is 1. The molecule has 3 rings (SSSR count). The van der Waals surface area contributed by atoms with Crippen LogP contribution in [0.4, 0.5) is 17.6 Å². The summed E-state index contributed by atoms with van der Waals surface area (Å²) in [5.74, 6) is -1.18. The number of hydrogen-bond acceptors (Lipinski definition) is 2. The normalized spacial score (nSPS) is 14.6. The zero-order valence-corrected chi connectivity index (χ0v) is 11.2. The minimum atomic E-state index is -4.47. The van der Waals surface area contributed by atoms with Crippen LogP contribution in [0.3, 0.4) is 0 Å². The summed E-state index contributed by atoms with van der Waals surface area (Å²) < 4.78 is 53.4. The van der Waals surface area contributed by atoms with Crippen molar-refractivity contribution in [2.75, 3.05) is 6.54 Å². The SMILES string of the molecule is O=C1NCCc2c1cc(-c1ccncc1F)n2CC(F)(F)F. The fourth-order valence-corrected chi connectivity index (χ4v) is 2.61. The average Bonchev–Trinajstić information content (AvgIpc) is 2.78. The maximum atomic E-state index is 13.9. The number of aromatic nitrogens is 2. The number of nitrogens with one attached hydrogen (secondary N) is 1. The molecule has 0 aliphatic carbocycles. The summed E-state index contributed by atoms with van der Waals surface area (Å²) in [6.07, 6.45) is -1.98. The van der Waals surface area contributed by atoms with Crippen molar-refractivity contribution in [2.45, 2.75) is 19.1 Å². The van der Waals surface area contributed by atoms with Gasteiger partial charge in [-0.05, 0) is 12.1 Å². The Labute approximate surface area is 122 Å². The Morgan fingerprint density at radius 3 is 2.77 bits per heavy atom. The van der Waals surface area contributed by atoms with Gasteiger partial charge < -0.3 is 9.88 Å². The van der Waals surface area contributed by atoms with Crippen molar-refractivity contribution in [1.82, 2.24) is 14.9 Å². The van der Waals surface area contributed by atoms with Crippen LogP contribution in [0, 0.1) is 5.82 Å². The number of hydrogen-bond donors (Lipinski definition) is 1. The molecular weight excluding hydrogens is 302 g/mol. The quantitative estimate of drug-likeness (QED) is 0.866. The second-order valence-electron chi connectivity index (χ2n) is 4.95. The molecule has 22 heavy (non-hydrogen) atoms. The van der Waals surface area contributed by atoms with Gasteiger partial charge in [-0.25, -0.2) is 4.39 Å². The highest BCUT2D eigenvalue weighted by Gasteiger charge is 2.33. The standard InChI is InChI=1S/C14H11F4N3O/c15-10-6-19-3-1-8(10)12-5-9-11(2-4-20-13(9)22)21(12)7-14(16,17)18/h1,3,5-6H,2,4,7H2,(H,20,22). The first kappa shape index (κ1) is 14.6. The molecule has 0 unspecified atom stereocenters. The van der Waals surface area contributed by atoms with Crippen molar-refractivity contribution < 1.29 is 22.4 Å². The van der Waals surface area contributed by atoms with Crippen LogP contribution in [-0.2, 0) is 13.0 Å². The average molecular weight is 313 g/mol. The lowest BCUT2D eigenvalue weighted by Gasteiger charge is -2.19. The molecule has 0 spiro atoms. The zero-order chi connectivity index (χ0) is 15.9. The van der Waals surface area contributed by atoms with Gasteiger partial charge in [0.2, 0.25) is 0 Å². The second-order valence-corrected chi connectivity index (χ2v) is 4.95. The van der Waals surface area contributed by atoms with E-state index in [0.29, 0.717) is 0 Å². The molecule has 2 aromatic rings. The molecule has 1 amide bonds. The lowest BCUT2D eigenvalue weighted by Crippen LogP contribution is -2.33. The second kappa shape index (κ2) is 5.11. The van der Waals surface area contributed by atoms with Crippen LogP contribution in [-0.4, -0.2) is 28.2 Å². The molecule has 2 aromatic heterocycles. The van der Waals surface area contributed by atoms with Crippen LogP contribution in [0.5, 0.6) is 0 Å². The smallest absolute Gasteiger partial charge is 0.352 e. The van der Waals surface area contributed by atoms with E-state index in [2.05, 4.69) is 10.3 Å². The molecule has 1 aliphatic heterocycles. The lowest BCUT2D eigenvalue weighted by molar-refractivity contribution is -0.140. The summed E-state index contributed by atoms with van der Waals surface area (Å²) in [4.78, 5) is 15.4. The van der Waals surface area contributed by atoms with Gasteiger partial charge in [-0.1, -0.05) is 0 Å². The monoisotopic (exact) mass is 313 g/mol. The Balaban J connectivity index is 2.21. The van der Waals surface area contributed by atoms with E-state index in [1.54, 1.807) is 0 Å². The van der Waals surface area contributed by atoms with Crippen LogP contribution >= 0.6 is 0 Å². The van der Waals surface area contributed by atoms with Gasteiger partial charge >= 0.3 is 6.18 Å². The molecule has 0 saturated carbocycles. The van der Waals surface area contributed by atoms with Gasteiger partial charge in [0, 0.05) is 30.4 Å². The Morgan fingerprint density at radius 1 is 1.32 bits per heavy atom. The van der Waals surface area contributed by atoms with E-state index in [1.165, 1.54) is 18.3 Å². The first-order valence-electron chi connectivity index (χ1n) is 6.54. The molecule has 0 aromatic carbocycles. The van der Waals surface area contributed by atoms with Gasteiger partial charge in [-0.3, -0.25) is 9.78 Å². The third kappa shape index (κ3) is 2.56.